The van der Waals surface area contributed by atoms with Gasteiger partial charge in [-0.2, -0.15) is 0 Å². The minimum atomic E-state index is -0.250. The Hall–Kier alpha value is -1.36. The molecule has 21 heavy (non-hydrogen) atoms. The molecular formula is C17H24O4. The first-order chi connectivity index (χ1) is 10.1. The van der Waals surface area contributed by atoms with Crippen molar-refractivity contribution in [3.8, 4) is 5.75 Å². The first kappa shape index (κ1) is 16.0. The molecule has 0 radical (unpaired) electrons. The van der Waals surface area contributed by atoms with Crippen LogP contribution in [0.15, 0.2) is 35.9 Å². The van der Waals surface area contributed by atoms with Crippen LogP contribution in [0.5, 0.6) is 5.75 Å². The SMILES string of the molecule is COc1ccc(COC/C(C)=C/C2O[C@@H](C)[C@H](C)O2)cc1. The molecule has 0 N–H and O–H groups in total. The van der Waals surface area contributed by atoms with Crippen LogP contribution in [0.2, 0.25) is 0 Å². The van der Waals surface area contributed by atoms with E-state index in [1.807, 2.05) is 51.1 Å². The molecule has 4 heteroatoms. The molecule has 0 spiro atoms. The molecule has 0 amide bonds. The number of benzene rings is 1. The molecule has 0 aliphatic carbocycles. The molecule has 0 bridgehead atoms. The summed E-state index contributed by atoms with van der Waals surface area (Å²) >= 11 is 0. The number of hydrogen-bond donors (Lipinski definition) is 0. The average Bonchev–Trinajstić information content (AvgIpc) is 2.78. The lowest BCUT2D eigenvalue weighted by Gasteiger charge is -2.09. The van der Waals surface area contributed by atoms with E-state index in [1.165, 1.54) is 0 Å². The summed E-state index contributed by atoms with van der Waals surface area (Å²) in [5.74, 6) is 0.855. The second-order valence-electron chi connectivity index (χ2n) is 5.40. The predicted molar refractivity (Wildman–Crippen MR) is 81.3 cm³/mol. The van der Waals surface area contributed by atoms with Crippen molar-refractivity contribution in [3.63, 3.8) is 0 Å². The largest absolute Gasteiger partial charge is 0.497 e. The van der Waals surface area contributed by atoms with Gasteiger partial charge in [-0.1, -0.05) is 12.1 Å². The second-order valence-corrected chi connectivity index (χ2v) is 5.40. The Labute approximate surface area is 126 Å². The van der Waals surface area contributed by atoms with Gasteiger partial charge >= 0.3 is 0 Å². The van der Waals surface area contributed by atoms with Crippen LogP contribution in [-0.4, -0.2) is 32.2 Å². The van der Waals surface area contributed by atoms with E-state index in [1.54, 1.807) is 7.11 Å². The summed E-state index contributed by atoms with van der Waals surface area (Å²) in [7, 11) is 1.66. The van der Waals surface area contributed by atoms with Crippen LogP contribution in [0, 0.1) is 0 Å². The van der Waals surface area contributed by atoms with Crippen molar-refractivity contribution >= 4 is 0 Å². The van der Waals surface area contributed by atoms with E-state index in [2.05, 4.69) is 0 Å². The van der Waals surface area contributed by atoms with Gasteiger partial charge in [-0.25, -0.2) is 0 Å². The van der Waals surface area contributed by atoms with Gasteiger partial charge in [0.1, 0.15) is 5.75 Å². The number of ether oxygens (including phenoxy) is 4. The lowest BCUT2D eigenvalue weighted by Crippen LogP contribution is -2.13. The standard InChI is InChI=1S/C17H24O4/c1-12(9-17-20-13(2)14(3)21-17)10-19-11-15-5-7-16(18-4)8-6-15/h5-9,13-14,17H,10-11H2,1-4H3/b12-9+/t13-,14-/m0/s1. The Bertz CT molecular complexity index is 456. The highest BCUT2D eigenvalue weighted by atomic mass is 16.7. The van der Waals surface area contributed by atoms with Gasteiger partial charge in [0.25, 0.3) is 0 Å². The molecule has 1 aliphatic heterocycles. The topological polar surface area (TPSA) is 36.9 Å². The molecular weight excluding hydrogens is 268 g/mol. The monoisotopic (exact) mass is 292 g/mol. The third-order valence-corrected chi connectivity index (χ3v) is 3.54. The van der Waals surface area contributed by atoms with E-state index in [9.17, 15) is 0 Å². The molecule has 2 rings (SSSR count). The molecule has 4 nitrogen and oxygen atoms in total. The van der Waals surface area contributed by atoms with E-state index in [-0.39, 0.29) is 18.5 Å². The van der Waals surface area contributed by atoms with Crippen LogP contribution in [0.4, 0.5) is 0 Å². The minimum absolute atomic E-state index is 0.138. The van der Waals surface area contributed by atoms with E-state index < -0.39 is 0 Å². The molecule has 0 unspecified atom stereocenters. The first-order valence-corrected chi connectivity index (χ1v) is 7.27. The Kier molecular flexibility index (Phi) is 5.79. The highest BCUT2D eigenvalue weighted by molar-refractivity contribution is 5.26. The molecule has 2 atom stereocenters. The summed E-state index contributed by atoms with van der Waals surface area (Å²) in [5.41, 5.74) is 2.23. The fraction of sp³-hybridized carbons (Fsp3) is 0.529. The number of methoxy groups -OCH3 is 1. The summed E-state index contributed by atoms with van der Waals surface area (Å²) in [5, 5.41) is 0. The highest BCUT2D eigenvalue weighted by Crippen LogP contribution is 2.20. The highest BCUT2D eigenvalue weighted by Gasteiger charge is 2.27. The quantitative estimate of drug-likeness (QED) is 0.754. The van der Waals surface area contributed by atoms with Crippen molar-refractivity contribution in [1.82, 2.24) is 0 Å². The van der Waals surface area contributed by atoms with Crippen LogP contribution >= 0.6 is 0 Å². The Morgan fingerprint density at radius 3 is 2.33 bits per heavy atom. The van der Waals surface area contributed by atoms with E-state index in [0.717, 1.165) is 16.9 Å². The van der Waals surface area contributed by atoms with E-state index in [4.69, 9.17) is 18.9 Å². The minimum Gasteiger partial charge on any atom is -0.497 e. The maximum atomic E-state index is 5.70. The Morgan fingerprint density at radius 2 is 1.76 bits per heavy atom. The van der Waals surface area contributed by atoms with Crippen LogP contribution in [0.3, 0.4) is 0 Å². The molecule has 1 saturated heterocycles. The fourth-order valence-corrected chi connectivity index (χ4v) is 2.09. The molecule has 0 saturated carbocycles. The van der Waals surface area contributed by atoms with Crippen LogP contribution in [0.1, 0.15) is 26.3 Å². The van der Waals surface area contributed by atoms with Gasteiger partial charge in [0, 0.05) is 0 Å². The normalized spacial score (nSPS) is 23.5. The smallest absolute Gasteiger partial charge is 0.178 e. The van der Waals surface area contributed by atoms with Gasteiger partial charge in [-0.15, -0.1) is 0 Å². The summed E-state index contributed by atoms with van der Waals surface area (Å²) < 4.78 is 22.2. The summed E-state index contributed by atoms with van der Waals surface area (Å²) in [6.45, 7) is 7.21. The van der Waals surface area contributed by atoms with Crippen molar-refractivity contribution in [2.24, 2.45) is 0 Å². The van der Waals surface area contributed by atoms with Gasteiger partial charge in [0.05, 0.1) is 32.5 Å². The van der Waals surface area contributed by atoms with Gasteiger partial charge in [0.2, 0.25) is 0 Å². The molecule has 1 aromatic rings. The molecule has 1 fully saturated rings. The van der Waals surface area contributed by atoms with Crippen molar-refractivity contribution in [2.75, 3.05) is 13.7 Å². The zero-order valence-electron chi connectivity index (χ0n) is 13.2. The zero-order valence-corrected chi connectivity index (χ0v) is 13.2. The third kappa shape index (κ3) is 4.84. The summed E-state index contributed by atoms with van der Waals surface area (Å²) in [4.78, 5) is 0. The first-order valence-electron chi connectivity index (χ1n) is 7.27. The molecule has 0 aromatic heterocycles. The average molecular weight is 292 g/mol. The summed E-state index contributed by atoms with van der Waals surface area (Å²) in [6, 6.07) is 7.88. The molecule has 1 aromatic carbocycles. The Morgan fingerprint density at radius 1 is 1.14 bits per heavy atom. The van der Waals surface area contributed by atoms with Crippen LogP contribution in [0.25, 0.3) is 0 Å². The molecule has 116 valence electrons. The van der Waals surface area contributed by atoms with Gasteiger partial charge in [-0.3, -0.25) is 0 Å². The van der Waals surface area contributed by atoms with Crippen LogP contribution < -0.4 is 4.74 Å². The fourth-order valence-electron chi connectivity index (χ4n) is 2.09. The second kappa shape index (κ2) is 7.59. The number of hydrogen-bond acceptors (Lipinski definition) is 4. The van der Waals surface area contributed by atoms with E-state index in [0.29, 0.717) is 13.2 Å². The maximum absolute atomic E-state index is 5.70. The van der Waals surface area contributed by atoms with Crippen LogP contribution in [-0.2, 0) is 20.8 Å². The molecule has 1 aliphatic rings. The number of rotatable bonds is 6. The van der Waals surface area contributed by atoms with Crippen molar-refractivity contribution < 1.29 is 18.9 Å². The van der Waals surface area contributed by atoms with Gasteiger partial charge < -0.3 is 18.9 Å². The van der Waals surface area contributed by atoms with Crippen molar-refractivity contribution in [2.45, 2.75) is 45.9 Å². The maximum Gasteiger partial charge on any atom is 0.178 e. The van der Waals surface area contributed by atoms with Gasteiger partial charge in [-0.05, 0) is 50.1 Å². The predicted octanol–water partition coefficient (Wildman–Crippen LogP) is 3.31. The van der Waals surface area contributed by atoms with Crippen molar-refractivity contribution in [3.05, 3.63) is 41.5 Å². The summed E-state index contributed by atoms with van der Waals surface area (Å²) in [6.07, 6.45) is 2.01. The third-order valence-electron chi connectivity index (χ3n) is 3.54. The van der Waals surface area contributed by atoms with Crippen molar-refractivity contribution in [1.29, 1.82) is 0 Å². The lowest BCUT2D eigenvalue weighted by atomic mass is 10.2. The zero-order chi connectivity index (χ0) is 15.2. The van der Waals surface area contributed by atoms with E-state index >= 15 is 0 Å². The Balaban J connectivity index is 1.74. The molecule has 1 heterocycles. The van der Waals surface area contributed by atoms with Gasteiger partial charge in [0.15, 0.2) is 6.29 Å². The lowest BCUT2D eigenvalue weighted by molar-refractivity contribution is -0.0255.